The van der Waals surface area contributed by atoms with E-state index >= 15 is 0 Å². The highest BCUT2D eigenvalue weighted by atomic mass is 79.9. The number of hydrogen-bond acceptors (Lipinski definition) is 4. The van der Waals surface area contributed by atoms with Gasteiger partial charge in [0.2, 0.25) is 0 Å². The molecule has 0 aliphatic carbocycles. The molecule has 3 unspecified atom stereocenters. The van der Waals surface area contributed by atoms with E-state index in [0.29, 0.717) is 5.92 Å². The van der Waals surface area contributed by atoms with Crippen LogP contribution in [0.15, 0.2) is 4.60 Å². The molecule has 5 nitrogen and oxygen atoms in total. The van der Waals surface area contributed by atoms with Gasteiger partial charge in [-0.25, -0.2) is 4.68 Å². The Hall–Kier alpha value is -0.460. The van der Waals surface area contributed by atoms with Gasteiger partial charge in [0.05, 0.1) is 17.8 Å². The molecule has 0 spiro atoms. The zero-order chi connectivity index (χ0) is 13.1. The first-order chi connectivity index (χ1) is 8.65. The number of nitrogens with one attached hydrogen (secondary N) is 1. The van der Waals surface area contributed by atoms with Crippen molar-refractivity contribution in [1.29, 1.82) is 0 Å². The maximum Gasteiger partial charge on any atom is 0.153 e. The quantitative estimate of drug-likeness (QED) is 0.903. The van der Waals surface area contributed by atoms with Crippen molar-refractivity contribution in [2.45, 2.75) is 38.8 Å². The third-order valence-electron chi connectivity index (χ3n) is 3.51. The number of rotatable bonds is 5. The molecule has 2 heterocycles. The second-order valence-corrected chi connectivity index (χ2v) is 5.67. The topological polar surface area (TPSA) is 52.0 Å². The average Bonchev–Trinajstić information content (AvgIpc) is 2.90. The van der Waals surface area contributed by atoms with Gasteiger partial charge in [-0.2, -0.15) is 0 Å². The molecular weight excluding hydrogens is 296 g/mol. The van der Waals surface area contributed by atoms with Crippen LogP contribution in [-0.4, -0.2) is 34.2 Å². The van der Waals surface area contributed by atoms with Crippen molar-refractivity contribution in [3.8, 4) is 0 Å². The first-order valence-corrected chi connectivity index (χ1v) is 7.34. The molecule has 1 saturated heterocycles. The third-order valence-corrected chi connectivity index (χ3v) is 4.07. The van der Waals surface area contributed by atoms with E-state index in [4.69, 9.17) is 4.74 Å². The summed E-state index contributed by atoms with van der Waals surface area (Å²) in [6.07, 6.45) is 2.42. The SMILES string of the molecule is CCCNC(c1c(Br)nnn1C)C1OCCC1C. The number of aryl methyl sites for hydroxylation is 1. The predicted octanol–water partition coefficient (Wildman–Crippen LogP) is 2.04. The first-order valence-electron chi connectivity index (χ1n) is 6.55. The summed E-state index contributed by atoms with van der Waals surface area (Å²) >= 11 is 3.49. The van der Waals surface area contributed by atoms with Gasteiger partial charge in [0.15, 0.2) is 4.60 Å². The fraction of sp³-hybridized carbons (Fsp3) is 0.833. The van der Waals surface area contributed by atoms with E-state index in [9.17, 15) is 0 Å². The molecule has 0 aromatic carbocycles. The van der Waals surface area contributed by atoms with Gasteiger partial charge in [-0.3, -0.25) is 0 Å². The molecule has 0 saturated carbocycles. The van der Waals surface area contributed by atoms with Gasteiger partial charge in [-0.1, -0.05) is 19.1 Å². The second-order valence-electron chi connectivity index (χ2n) is 4.92. The van der Waals surface area contributed by atoms with Gasteiger partial charge in [-0.15, -0.1) is 5.10 Å². The summed E-state index contributed by atoms with van der Waals surface area (Å²) in [6.45, 7) is 6.23. The number of hydrogen-bond donors (Lipinski definition) is 1. The van der Waals surface area contributed by atoms with E-state index in [1.165, 1.54) is 0 Å². The van der Waals surface area contributed by atoms with E-state index in [2.05, 4.69) is 45.4 Å². The van der Waals surface area contributed by atoms with Gasteiger partial charge in [-0.05, 0) is 41.2 Å². The minimum atomic E-state index is 0.150. The van der Waals surface area contributed by atoms with Gasteiger partial charge in [0, 0.05) is 13.7 Å². The zero-order valence-electron chi connectivity index (χ0n) is 11.2. The molecule has 1 N–H and O–H groups in total. The first kappa shape index (κ1) is 14.0. The number of ether oxygens (including phenoxy) is 1. The lowest BCUT2D eigenvalue weighted by Crippen LogP contribution is -2.36. The van der Waals surface area contributed by atoms with E-state index in [1.807, 2.05) is 11.7 Å². The lowest BCUT2D eigenvalue weighted by atomic mass is 9.95. The minimum absolute atomic E-state index is 0.150. The standard InChI is InChI=1S/C12H21BrN4O/c1-4-6-14-9(11-8(2)5-7-18-11)10-12(13)15-16-17(10)3/h8-9,11,14H,4-7H2,1-3H3. The number of halogens is 1. The van der Waals surface area contributed by atoms with Crippen LogP contribution in [0.2, 0.25) is 0 Å². The highest BCUT2D eigenvalue weighted by Gasteiger charge is 2.35. The Morgan fingerprint density at radius 2 is 2.39 bits per heavy atom. The van der Waals surface area contributed by atoms with Crippen LogP contribution in [0.4, 0.5) is 0 Å². The summed E-state index contributed by atoms with van der Waals surface area (Å²) in [5.74, 6) is 0.557. The molecule has 102 valence electrons. The number of aromatic nitrogens is 3. The van der Waals surface area contributed by atoms with Crippen LogP contribution < -0.4 is 5.32 Å². The molecule has 1 aliphatic rings. The van der Waals surface area contributed by atoms with E-state index in [-0.39, 0.29) is 12.1 Å². The second kappa shape index (κ2) is 6.12. The van der Waals surface area contributed by atoms with Crippen molar-refractivity contribution in [3.05, 3.63) is 10.3 Å². The largest absolute Gasteiger partial charge is 0.376 e. The monoisotopic (exact) mass is 316 g/mol. The summed E-state index contributed by atoms with van der Waals surface area (Å²) in [5, 5.41) is 11.7. The molecule has 1 aromatic heterocycles. The van der Waals surface area contributed by atoms with Crippen LogP contribution in [-0.2, 0) is 11.8 Å². The minimum Gasteiger partial charge on any atom is -0.376 e. The molecule has 2 rings (SSSR count). The summed E-state index contributed by atoms with van der Waals surface area (Å²) < 4.78 is 8.54. The molecule has 0 radical (unpaired) electrons. The maximum atomic E-state index is 5.91. The Balaban J connectivity index is 2.24. The van der Waals surface area contributed by atoms with Crippen molar-refractivity contribution in [2.75, 3.05) is 13.2 Å². The maximum absolute atomic E-state index is 5.91. The summed E-state index contributed by atoms with van der Waals surface area (Å²) in [4.78, 5) is 0. The van der Waals surface area contributed by atoms with Crippen LogP contribution in [0.3, 0.4) is 0 Å². The molecule has 1 aliphatic heterocycles. The molecule has 1 aromatic rings. The normalized spacial score (nSPS) is 25.6. The smallest absolute Gasteiger partial charge is 0.153 e. The molecule has 3 atom stereocenters. The van der Waals surface area contributed by atoms with Gasteiger partial charge in [0.1, 0.15) is 0 Å². The van der Waals surface area contributed by atoms with Crippen molar-refractivity contribution >= 4 is 15.9 Å². The summed E-state index contributed by atoms with van der Waals surface area (Å²) in [7, 11) is 1.92. The highest BCUT2D eigenvalue weighted by Crippen LogP contribution is 2.33. The molecule has 6 heteroatoms. The fourth-order valence-electron chi connectivity index (χ4n) is 2.48. The summed E-state index contributed by atoms with van der Waals surface area (Å²) in [5.41, 5.74) is 1.07. The highest BCUT2D eigenvalue weighted by molar-refractivity contribution is 9.10. The van der Waals surface area contributed by atoms with E-state index in [1.54, 1.807) is 0 Å². The third kappa shape index (κ3) is 2.75. The van der Waals surface area contributed by atoms with Crippen molar-refractivity contribution < 1.29 is 4.74 Å². The van der Waals surface area contributed by atoms with Crippen molar-refractivity contribution in [1.82, 2.24) is 20.3 Å². The Labute approximate surface area is 116 Å². The molecule has 1 fully saturated rings. The predicted molar refractivity (Wildman–Crippen MR) is 73.3 cm³/mol. The lowest BCUT2D eigenvalue weighted by molar-refractivity contribution is 0.0580. The van der Waals surface area contributed by atoms with Crippen molar-refractivity contribution in [2.24, 2.45) is 13.0 Å². The van der Waals surface area contributed by atoms with Crippen LogP contribution in [0, 0.1) is 5.92 Å². The van der Waals surface area contributed by atoms with Gasteiger partial charge in [0.25, 0.3) is 0 Å². The van der Waals surface area contributed by atoms with Crippen LogP contribution >= 0.6 is 15.9 Å². The molecule has 18 heavy (non-hydrogen) atoms. The van der Waals surface area contributed by atoms with Crippen LogP contribution in [0.5, 0.6) is 0 Å². The molecular formula is C12H21BrN4O. The van der Waals surface area contributed by atoms with Gasteiger partial charge >= 0.3 is 0 Å². The van der Waals surface area contributed by atoms with Crippen LogP contribution in [0.25, 0.3) is 0 Å². The van der Waals surface area contributed by atoms with Crippen LogP contribution in [0.1, 0.15) is 38.4 Å². The van der Waals surface area contributed by atoms with Gasteiger partial charge < -0.3 is 10.1 Å². The molecule has 0 bridgehead atoms. The number of nitrogens with zero attached hydrogens (tertiary/aromatic N) is 3. The lowest BCUT2D eigenvalue weighted by Gasteiger charge is -2.27. The summed E-state index contributed by atoms with van der Waals surface area (Å²) in [6, 6.07) is 0.150. The Morgan fingerprint density at radius 3 is 2.89 bits per heavy atom. The molecule has 0 amide bonds. The van der Waals surface area contributed by atoms with E-state index in [0.717, 1.165) is 36.3 Å². The Bertz CT molecular complexity index is 376. The van der Waals surface area contributed by atoms with E-state index < -0.39 is 0 Å². The van der Waals surface area contributed by atoms with Crippen molar-refractivity contribution in [3.63, 3.8) is 0 Å². The zero-order valence-corrected chi connectivity index (χ0v) is 12.8. The fourth-order valence-corrected chi connectivity index (χ4v) is 3.05. The Morgan fingerprint density at radius 1 is 1.61 bits per heavy atom. The Kier molecular flexibility index (Phi) is 4.75. The average molecular weight is 317 g/mol.